The van der Waals surface area contributed by atoms with Crippen LogP contribution in [0.25, 0.3) is 17.1 Å². The minimum Gasteiger partial charge on any atom is -0.335 e. The molecule has 1 aliphatic carbocycles. The summed E-state index contributed by atoms with van der Waals surface area (Å²) in [6.45, 7) is 0. The second-order valence-electron chi connectivity index (χ2n) is 6.57. The lowest BCUT2D eigenvalue weighted by Gasteiger charge is -2.10. The van der Waals surface area contributed by atoms with Crippen LogP contribution >= 0.6 is 11.8 Å². The van der Waals surface area contributed by atoms with Crippen molar-refractivity contribution in [3.63, 3.8) is 0 Å². The van der Waals surface area contributed by atoms with Gasteiger partial charge >= 0.3 is 6.03 Å². The van der Waals surface area contributed by atoms with Crippen molar-refractivity contribution in [3.05, 3.63) is 60.4 Å². The van der Waals surface area contributed by atoms with Gasteiger partial charge in [-0.2, -0.15) is 0 Å². The molecule has 1 fully saturated rings. The standard InChI is InChI=1S/C20H18FN5O2S/c21-14-6-10-16(11-7-14)26-18(13-4-2-1-3-5-13)24-25-20(26)29-12-17(27)23-19(28)22-15-8-9-15/h1-7,10-11,15H,8-9,12H2,(H2,22,23,27,28). The quantitative estimate of drug-likeness (QED) is 0.609. The van der Waals surface area contributed by atoms with Gasteiger partial charge in [0.05, 0.1) is 5.75 Å². The van der Waals surface area contributed by atoms with Crippen molar-refractivity contribution in [1.29, 1.82) is 0 Å². The molecule has 148 valence electrons. The Kier molecular flexibility index (Phi) is 5.57. The van der Waals surface area contributed by atoms with E-state index in [0.29, 0.717) is 16.7 Å². The minimum absolute atomic E-state index is 0.00773. The van der Waals surface area contributed by atoms with E-state index in [9.17, 15) is 14.0 Å². The molecule has 0 bridgehead atoms. The van der Waals surface area contributed by atoms with Crippen LogP contribution in [0.3, 0.4) is 0 Å². The first-order chi connectivity index (χ1) is 14.1. The Balaban J connectivity index is 1.54. The molecule has 4 rings (SSSR count). The van der Waals surface area contributed by atoms with Crippen LogP contribution in [-0.2, 0) is 4.79 Å². The number of nitrogens with one attached hydrogen (secondary N) is 2. The molecule has 2 aromatic carbocycles. The molecular formula is C20H18FN5O2S. The Hall–Kier alpha value is -3.20. The van der Waals surface area contributed by atoms with Crippen LogP contribution in [-0.4, -0.2) is 38.5 Å². The second kappa shape index (κ2) is 8.44. The fourth-order valence-electron chi connectivity index (χ4n) is 2.70. The Morgan fingerprint density at radius 3 is 2.48 bits per heavy atom. The lowest BCUT2D eigenvalue weighted by molar-refractivity contribution is -0.117. The molecule has 1 heterocycles. The maximum absolute atomic E-state index is 13.4. The van der Waals surface area contributed by atoms with E-state index < -0.39 is 11.9 Å². The normalized spacial score (nSPS) is 13.1. The topological polar surface area (TPSA) is 88.9 Å². The van der Waals surface area contributed by atoms with Crippen LogP contribution in [0.5, 0.6) is 0 Å². The Labute approximate surface area is 170 Å². The van der Waals surface area contributed by atoms with E-state index in [4.69, 9.17) is 0 Å². The van der Waals surface area contributed by atoms with Crippen molar-refractivity contribution >= 4 is 23.7 Å². The van der Waals surface area contributed by atoms with Gasteiger partial charge in [-0.15, -0.1) is 10.2 Å². The van der Waals surface area contributed by atoms with Crippen LogP contribution in [0.1, 0.15) is 12.8 Å². The Bertz CT molecular complexity index is 1020. The third-order valence-corrected chi connectivity index (χ3v) is 5.18. The average Bonchev–Trinajstić information content (AvgIpc) is 3.43. The molecule has 0 saturated heterocycles. The summed E-state index contributed by atoms with van der Waals surface area (Å²) in [6.07, 6.45) is 1.89. The maximum atomic E-state index is 13.4. The SMILES string of the molecule is O=C(CSc1nnc(-c2ccccc2)n1-c1ccc(F)cc1)NC(=O)NC1CC1. The second-order valence-corrected chi connectivity index (χ2v) is 7.51. The summed E-state index contributed by atoms with van der Waals surface area (Å²) < 4.78 is 15.1. The van der Waals surface area contributed by atoms with E-state index in [1.165, 1.54) is 12.1 Å². The first-order valence-corrected chi connectivity index (χ1v) is 10.1. The molecule has 1 saturated carbocycles. The number of amides is 3. The molecule has 0 atom stereocenters. The summed E-state index contributed by atoms with van der Waals surface area (Å²) in [5.41, 5.74) is 1.51. The highest BCUT2D eigenvalue weighted by Gasteiger charge is 2.24. The largest absolute Gasteiger partial charge is 0.335 e. The van der Waals surface area contributed by atoms with Crippen LogP contribution < -0.4 is 10.6 Å². The first kappa shape index (κ1) is 19.1. The summed E-state index contributed by atoms with van der Waals surface area (Å²) in [5.74, 6) is -0.209. The van der Waals surface area contributed by atoms with Gasteiger partial charge in [0.15, 0.2) is 11.0 Å². The number of imide groups is 1. The molecule has 0 aliphatic heterocycles. The number of urea groups is 1. The molecule has 29 heavy (non-hydrogen) atoms. The molecular weight excluding hydrogens is 393 g/mol. The van der Waals surface area contributed by atoms with Crippen LogP contribution in [0.4, 0.5) is 9.18 Å². The molecule has 0 radical (unpaired) electrons. The van der Waals surface area contributed by atoms with Gasteiger partial charge in [-0.25, -0.2) is 9.18 Å². The lowest BCUT2D eigenvalue weighted by atomic mass is 10.2. The molecule has 3 amide bonds. The van der Waals surface area contributed by atoms with E-state index in [1.54, 1.807) is 16.7 Å². The van der Waals surface area contributed by atoms with Crippen LogP contribution in [0, 0.1) is 5.82 Å². The van der Waals surface area contributed by atoms with Crippen LogP contribution in [0.2, 0.25) is 0 Å². The molecule has 9 heteroatoms. The summed E-state index contributed by atoms with van der Waals surface area (Å²) in [4.78, 5) is 23.8. The third-order valence-electron chi connectivity index (χ3n) is 4.25. The number of hydrogen-bond acceptors (Lipinski definition) is 5. The van der Waals surface area contributed by atoms with E-state index in [1.807, 2.05) is 30.3 Å². The fourth-order valence-corrected chi connectivity index (χ4v) is 3.45. The predicted molar refractivity (Wildman–Crippen MR) is 107 cm³/mol. The van der Waals surface area contributed by atoms with E-state index in [2.05, 4.69) is 20.8 Å². The third kappa shape index (κ3) is 4.80. The lowest BCUT2D eigenvalue weighted by Crippen LogP contribution is -2.41. The van der Waals surface area contributed by atoms with Gasteiger partial charge in [0.25, 0.3) is 0 Å². The zero-order valence-electron chi connectivity index (χ0n) is 15.3. The van der Waals surface area contributed by atoms with Gasteiger partial charge < -0.3 is 5.32 Å². The molecule has 1 aliphatic rings. The number of aromatic nitrogens is 3. The zero-order chi connectivity index (χ0) is 20.2. The average molecular weight is 411 g/mol. The summed E-state index contributed by atoms with van der Waals surface area (Å²) in [5, 5.41) is 13.9. The first-order valence-electron chi connectivity index (χ1n) is 9.10. The number of carbonyl (C=O) groups is 2. The molecule has 3 aromatic rings. The summed E-state index contributed by atoms with van der Waals surface area (Å²) in [6, 6.07) is 15.1. The van der Waals surface area contributed by atoms with Gasteiger partial charge in [0.1, 0.15) is 5.82 Å². The van der Waals surface area contributed by atoms with Crippen molar-refractivity contribution < 1.29 is 14.0 Å². The molecule has 0 unspecified atom stereocenters. The van der Waals surface area contributed by atoms with Crippen molar-refractivity contribution in [2.45, 2.75) is 24.0 Å². The molecule has 7 nitrogen and oxygen atoms in total. The van der Waals surface area contributed by atoms with Gasteiger partial charge in [-0.05, 0) is 37.1 Å². The number of carbonyl (C=O) groups excluding carboxylic acids is 2. The number of halogens is 1. The van der Waals surface area contributed by atoms with Gasteiger partial charge in [0.2, 0.25) is 5.91 Å². The molecule has 0 spiro atoms. The van der Waals surface area contributed by atoms with Gasteiger partial charge in [-0.3, -0.25) is 14.7 Å². The van der Waals surface area contributed by atoms with Crippen molar-refractivity contribution in [3.8, 4) is 17.1 Å². The van der Waals surface area contributed by atoms with E-state index in [-0.39, 0.29) is 17.6 Å². The van der Waals surface area contributed by atoms with E-state index >= 15 is 0 Å². The predicted octanol–water partition coefficient (Wildman–Crippen LogP) is 3.15. The van der Waals surface area contributed by atoms with Gasteiger partial charge in [-0.1, -0.05) is 42.1 Å². The van der Waals surface area contributed by atoms with Crippen molar-refractivity contribution in [1.82, 2.24) is 25.4 Å². The number of nitrogens with zero attached hydrogens (tertiary/aromatic N) is 3. The molecule has 1 aromatic heterocycles. The summed E-state index contributed by atoms with van der Waals surface area (Å²) in [7, 11) is 0. The highest BCUT2D eigenvalue weighted by Crippen LogP contribution is 2.28. The number of hydrogen-bond donors (Lipinski definition) is 2. The van der Waals surface area contributed by atoms with Gasteiger partial charge in [0, 0.05) is 17.3 Å². The zero-order valence-corrected chi connectivity index (χ0v) is 16.2. The smallest absolute Gasteiger partial charge is 0.321 e. The van der Waals surface area contributed by atoms with E-state index in [0.717, 1.165) is 30.2 Å². The van der Waals surface area contributed by atoms with Crippen molar-refractivity contribution in [2.75, 3.05) is 5.75 Å². The van der Waals surface area contributed by atoms with Crippen LogP contribution in [0.15, 0.2) is 59.8 Å². The highest BCUT2D eigenvalue weighted by molar-refractivity contribution is 7.99. The molecule has 2 N–H and O–H groups in total. The minimum atomic E-state index is -0.483. The van der Waals surface area contributed by atoms with Crippen molar-refractivity contribution in [2.24, 2.45) is 0 Å². The Morgan fingerprint density at radius 2 is 1.79 bits per heavy atom. The number of thioether (sulfide) groups is 1. The fraction of sp³-hybridized carbons (Fsp3) is 0.200. The summed E-state index contributed by atoms with van der Waals surface area (Å²) >= 11 is 1.15. The highest BCUT2D eigenvalue weighted by atomic mass is 32.2. The Morgan fingerprint density at radius 1 is 1.07 bits per heavy atom. The monoisotopic (exact) mass is 411 g/mol. The maximum Gasteiger partial charge on any atom is 0.321 e. The number of rotatable bonds is 6. The number of benzene rings is 2.